The molecule has 108 valence electrons. The van der Waals surface area contributed by atoms with E-state index >= 15 is 0 Å². The maximum atomic E-state index is 12.2. The number of carbonyl (C=O) groups excluding carboxylic acids is 2. The Labute approximate surface area is 127 Å². The predicted octanol–water partition coefficient (Wildman–Crippen LogP) is 2.68. The summed E-state index contributed by atoms with van der Waals surface area (Å²) in [5, 5.41) is 0.410. The molecule has 1 aliphatic heterocycles. The summed E-state index contributed by atoms with van der Waals surface area (Å²) in [6.07, 6.45) is 4.41. The molecule has 0 bridgehead atoms. The van der Waals surface area contributed by atoms with E-state index in [0.29, 0.717) is 22.8 Å². The quantitative estimate of drug-likeness (QED) is 0.816. The number of benzene rings is 1. The van der Waals surface area contributed by atoms with E-state index in [-0.39, 0.29) is 0 Å². The van der Waals surface area contributed by atoms with Crippen molar-refractivity contribution in [3.8, 4) is 0 Å². The Morgan fingerprint density at radius 2 is 2.10 bits per heavy atom. The smallest absolute Gasteiger partial charge is 0.299 e. The summed E-state index contributed by atoms with van der Waals surface area (Å²) in [5.41, 5.74) is 1.75. The van der Waals surface area contributed by atoms with Crippen molar-refractivity contribution in [1.29, 1.82) is 0 Å². The average Bonchev–Trinajstić information content (AvgIpc) is 3.00. The lowest BCUT2D eigenvalue weighted by Gasteiger charge is -2.18. The molecule has 0 radical (unpaired) electrons. The number of amides is 1. The lowest BCUT2D eigenvalue weighted by molar-refractivity contribution is -0.114. The van der Waals surface area contributed by atoms with Gasteiger partial charge in [0, 0.05) is 12.7 Å². The second-order valence-electron chi connectivity index (χ2n) is 4.93. The summed E-state index contributed by atoms with van der Waals surface area (Å²) in [4.78, 5) is 29.8. The number of para-hydroxylation sites is 1. The monoisotopic (exact) mass is 303 g/mol. The molecule has 5 nitrogen and oxygen atoms in total. The number of aromatic nitrogens is 2. The van der Waals surface area contributed by atoms with Gasteiger partial charge in [-0.1, -0.05) is 24.6 Å². The Kier molecular flexibility index (Phi) is 3.51. The third kappa shape index (κ3) is 2.23. The molecule has 1 amide bonds. The van der Waals surface area contributed by atoms with Gasteiger partial charge in [0.2, 0.25) is 0 Å². The molecule has 3 rings (SSSR count). The van der Waals surface area contributed by atoms with Crippen molar-refractivity contribution in [3.05, 3.63) is 47.0 Å². The zero-order valence-corrected chi connectivity index (χ0v) is 12.3. The topological polar surface area (TPSA) is 55.2 Å². The van der Waals surface area contributed by atoms with Crippen molar-refractivity contribution < 1.29 is 9.59 Å². The van der Waals surface area contributed by atoms with Gasteiger partial charge in [-0.05, 0) is 18.6 Å². The number of ketones is 1. The van der Waals surface area contributed by atoms with Gasteiger partial charge in [-0.3, -0.25) is 14.5 Å². The first-order valence-electron chi connectivity index (χ1n) is 6.77. The molecule has 0 N–H and O–H groups in total. The fourth-order valence-electron chi connectivity index (χ4n) is 2.55. The van der Waals surface area contributed by atoms with Crippen LogP contribution in [0.5, 0.6) is 0 Å². The minimum atomic E-state index is -0.539. The largest absolute Gasteiger partial charge is 0.333 e. The summed E-state index contributed by atoms with van der Waals surface area (Å²) < 4.78 is 1.98. The SMILES string of the molecule is CCCn1cncc1CN1C(=O)C(=O)c2cccc(Cl)c21. The number of aryl methyl sites for hydroxylation is 1. The molecule has 2 heterocycles. The standard InChI is InChI=1S/C15H14ClN3O2/c1-2-6-18-9-17-7-10(18)8-19-13-11(14(20)15(19)21)4-3-5-12(13)16/h3-5,7,9H,2,6,8H2,1H3. The van der Waals surface area contributed by atoms with Gasteiger partial charge in [0.15, 0.2) is 0 Å². The molecule has 0 saturated carbocycles. The maximum Gasteiger partial charge on any atom is 0.299 e. The Morgan fingerprint density at radius 3 is 2.86 bits per heavy atom. The first-order chi connectivity index (χ1) is 10.1. The summed E-state index contributed by atoms with van der Waals surface area (Å²) in [5.74, 6) is -1.04. The van der Waals surface area contributed by atoms with Crippen molar-refractivity contribution in [3.63, 3.8) is 0 Å². The van der Waals surface area contributed by atoms with Crippen molar-refractivity contribution in [2.45, 2.75) is 26.4 Å². The number of carbonyl (C=O) groups is 2. The molecule has 21 heavy (non-hydrogen) atoms. The van der Waals surface area contributed by atoms with Gasteiger partial charge < -0.3 is 4.57 Å². The Bertz CT molecular complexity index is 723. The third-order valence-electron chi connectivity index (χ3n) is 3.52. The van der Waals surface area contributed by atoms with Crippen LogP contribution in [-0.4, -0.2) is 21.2 Å². The van der Waals surface area contributed by atoms with Crippen LogP contribution in [-0.2, 0) is 17.9 Å². The van der Waals surface area contributed by atoms with E-state index < -0.39 is 11.7 Å². The lowest BCUT2D eigenvalue weighted by Crippen LogP contribution is -2.30. The number of halogens is 1. The fourth-order valence-corrected chi connectivity index (χ4v) is 2.82. The molecule has 0 atom stereocenters. The Hall–Kier alpha value is -2.14. The molecule has 0 fully saturated rings. The van der Waals surface area contributed by atoms with E-state index in [1.54, 1.807) is 30.7 Å². The van der Waals surface area contributed by atoms with Crippen molar-refractivity contribution >= 4 is 29.0 Å². The Balaban J connectivity index is 1.98. The zero-order valence-electron chi connectivity index (χ0n) is 11.5. The first kappa shape index (κ1) is 13.8. The van der Waals surface area contributed by atoms with E-state index in [9.17, 15) is 9.59 Å². The fraction of sp³-hybridized carbons (Fsp3) is 0.267. The third-order valence-corrected chi connectivity index (χ3v) is 3.83. The van der Waals surface area contributed by atoms with Gasteiger partial charge in [0.25, 0.3) is 11.7 Å². The summed E-state index contributed by atoms with van der Waals surface area (Å²) in [7, 11) is 0. The van der Waals surface area contributed by atoms with Crippen LogP contribution >= 0.6 is 11.6 Å². The first-order valence-corrected chi connectivity index (χ1v) is 7.15. The normalized spacial score (nSPS) is 13.9. The molecule has 0 saturated heterocycles. The highest BCUT2D eigenvalue weighted by Crippen LogP contribution is 2.36. The second kappa shape index (κ2) is 5.33. The highest BCUT2D eigenvalue weighted by molar-refractivity contribution is 6.54. The molecule has 1 aliphatic rings. The number of nitrogens with zero attached hydrogens (tertiary/aromatic N) is 3. The lowest BCUT2D eigenvalue weighted by atomic mass is 10.1. The van der Waals surface area contributed by atoms with Gasteiger partial charge in [-0.25, -0.2) is 4.98 Å². The number of hydrogen-bond acceptors (Lipinski definition) is 3. The van der Waals surface area contributed by atoms with Gasteiger partial charge in [0.1, 0.15) is 0 Å². The predicted molar refractivity (Wildman–Crippen MR) is 79.5 cm³/mol. The van der Waals surface area contributed by atoms with Crippen molar-refractivity contribution in [2.24, 2.45) is 0 Å². The zero-order chi connectivity index (χ0) is 15.0. The van der Waals surface area contributed by atoms with Gasteiger partial charge in [-0.2, -0.15) is 0 Å². The number of anilines is 1. The minimum Gasteiger partial charge on any atom is -0.333 e. The number of hydrogen-bond donors (Lipinski definition) is 0. The van der Waals surface area contributed by atoms with Crippen molar-refractivity contribution in [2.75, 3.05) is 4.90 Å². The number of fused-ring (bicyclic) bond motifs is 1. The summed E-state index contributed by atoms with van der Waals surface area (Å²) in [6.45, 7) is 3.18. The van der Waals surface area contributed by atoms with E-state index in [0.717, 1.165) is 18.7 Å². The van der Waals surface area contributed by atoms with Gasteiger partial charge >= 0.3 is 0 Å². The van der Waals surface area contributed by atoms with Crippen LogP contribution in [0.2, 0.25) is 5.02 Å². The van der Waals surface area contributed by atoms with Crippen LogP contribution in [0.1, 0.15) is 29.4 Å². The molecule has 0 aliphatic carbocycles. The average molecular weight is 304 g/mol. The molecular weight excluding hydrogens is 290 g/mol. The van der Waals surface area contributed by atoms with E-state index in [1.165, 1.54) is 4.90 Å². The second-order valence-corrected chi connectivity index (χ2v) is 5.34. The molecule has 0 spiro atoms. The summed E-state index contributed by atoms with van der Waals surface area (Å²) in [6, 6.07) is 4.99. The number of rotatable bonds is 4. The maximum absolute atomic E-state index is 12.2. The molecule has 0 unspecified atom stereocenters. The number of Topliss-reactive ketones (excluding diaryl/α,β-unsaturated/α-hetero) is 1. The summed E-state index contributed by atoms with van der Waals surface area (Å²) >= 11 is 6.17. The van der Waals surface area contributed by atoms with E-state index in [2.05, 4.69) is 11.9 Å². The van der Waals surface area contributed by atoms with Crippen LogP contribution < -0.4 is 4.90 Å². The van der Waals surface area contributed by atoms with E-state index in [4.69, 9.17) is 11.6 Å². The molecule has 2 aromatic rings. The van der Waals surface area contributed by atoms with Crippen LogP contribution in [0.3, 0.4) is 0 Å². The molecule has 1 aromatic carbocycles. The van der Waals surface area contributed by atoms with Gasteiger partial charge in [-0.15, -0.1) is 0 Å². The Morgan fingerprint density at radius 1 is 1.29 bits per heavy atom. The minimum absolute atomic E-state index is 0.293. The highest BCUT2D eigenvalue weighted by Gasteiger charge is 2.37. The highest BCUT2D eigenvalue weighted by atomic mass is 35.5. The number of imidazole rings is 1. The van der Waals surface area contributed by atoms with Crippen LogP contribution in [0, 0.1) is 0 Å². The van der Waals surface area contributed by atoms with Crippen LogP contribution in [0.4, 0.5) is 5.69 Å². The molecule has 1 aromatic heterocycles. The molecule has 6 heteroatoms. The van der Waals surface area contributed by atoms with Crippen LogP contribution in [0.25, 0.3) is 0 Å². The van der Waals surface area contributed by atoms with Gasteiger partial charge in [0.05, 0.1) is 34.8 Å². The molecular formula is C15H14ClN3O2. The van der Waals surface area contributed by atoms with Crippen molar-refractivity contribution in [1.82, 2.24) is 9.55 Å². The van der Waals surface area contributed by atoms with Crippen LogP contribution in [0.15, 0.2) is 30.7 Å². The van der Waals surface area contributed by atoms with E-state index in [1.807, 2.05) is 4.57 Å².